The number of nitrogens with one attached hydrogen (secondary N) is 1. The molecular weight excluding hydrogens is 464 g/mol. The first-order chi connectivity index (χ1) is 17.9. The number of hydrogen-bond acceptors (Lipinski definition) is 4. The van der Waals surface area contributed by atoms with Crippen LogP contribution in [0.5, 0.6) is 0 Å². The second-order valence-corrected chi connectivity index (χ2v) is 9.88. The highest BCUT2D eigenvalue weighted by Crippen LogP contribution is 2.41. The maximum Gasteiger partial charge on any atom is 0.328 e. The molecule has 1 aromatic heterocycles. The van der Waals surface area contributed by atoms with Crippen LogP contribution in [0.2, 0.25) is 0 Å². The molecule has 0 atom stereocenters. The summed E-state index contributed by atoms with van der Waals surface area (Å²) in [7, 11) is 0. The van der Waals surface area contributed by atoms with Gasteiger partial charge < -0.3 is 14.8 Å². The van der Waals surface area contributed by atoms with Crippen LogP contribution in [0.25, 0.3) is 28.3 Å². The highest BCUT2D eigenvalue weighted by atomic mass is 16.4. The van der Waals surface area contributed by atoms with E-state index in [1.807, 2.05) is 37.3 Å². The Bertz CT molecular complexity index is 1460. The number of aryl methyl sites for hydroxylation is 1. The van der Waals surface area contributed by atoms with Crippen LogP contribution < -0.4 is 5.32 Å². The van der Waals surface area contributed by atoms with Gasteiger partial charge in [0.15, 0.2) is 11.5 Å². The lowest BCUT2D eigenvalue weighted by atomic mass is 9.69. The Kier molecular flexibility index (Phi) is 6.91. The zero-order valence-corrected chi connectivity index (χ0v) is 20.9. The van der Waals surface area contributed by atoms with E-state index in [9.17, 15) is 9.59 Å². The molecule has 0 saturated heterocycles. The molecule has 1 saturated carbocycles. The summed E-state index contributed by atoms with van der Waals surface area (Å²) in [5, 5.41) is 12.0. The first kappa shape index (κ1) is 24.5. The number of carbonyl (C=O) groups excluding carboxylic acids is 1. The third-order valence-corrected chi connectivity index (χ3v) is 7.18. The monoisotopic (exact) mass is 494 g/mol. The number of rotatable bonds is 7. The summed E-state index contributed by atoms with van der Waals surface area (Å²) in [5.74, 6) is -0.320. The molecule has 37 heavy (non-hydrogen) atoms. The molecule has 0 aliphatic heterocycles. The van der Waals surface area contributed by atoms with Crippen LogP contribution in [0.3, 0.4) is 0 Å². The molecule has 1 aliphatic rings. The zero-order valence-electron chi connectivity index (χ0n) is 20.9. The molecule has 6 nitrogen and oxygen atoms in total. The minimum absolute atomic E-state index is 0.0294. The number of carboxylic acid groups (broad SMARTS) is 1. The maximum atomic E-state index is 13.6. The van der Waals surface area contributed by atoms with Crippen molar-refractivity contribution in [2.45, 2.75) is 45.4 Å². The van der Waals surface area contributed by atoms with Gasteiger partial charge in [0.2, 0.25) is 5.91 Å². The Balaban J connectivity index is 1.34. The van der Waals surface area contributed by atoms with Crippen LogP contribution in [0.4, 0.5) is 5.69 Å². The van der Waals surface area contributed by atoms with Gasteiger partial charge in [-0.05, 0) is 71.9 Å². The standard InChI is InChI=1S/C31H30N2O4/c1-21-32-27-14-13-25(19-28(27)37-21)24-11-8-23(9-12-24)20-31(16-3-2-4-17-31)30(36)33-26-7-5-6-22(18-26)10-15-29(34)35/h5-15,18-19H,2-4,16-17,20H2,1H3,(H,33,36)(H,34,35)/b15-10+. The molecular formula is C31H30N2O4. The largest absolute Gasteiger partial charge is 0.478 e. The van der Waals surface area contributed by atoms with E-state index in [0.29, 0.717) is 18.0 Å². The van der Waals surface area contributed by atoms with E-state index in [2.05, 4.69) is 40.6 Å². The van der Waals surface area contributed by atoms with E-state index in [0.717, 1.165) is 71.5 Å². The van der Waals surface area contributed by atoms with Gasteiger partial charge in [-0.2, -0.15) is 0 Å². The highest BCUT2D eigenvalue weighted by Gasteiger charge is 2.39. The molecule has 0 spiro atoms. The summed E-state index contributed by atoms with van der Waals surface area (Å²) >= 11 is 0. The summed E-state index contributed by atoms with van der Waals surface area (Å²) in [6, 6.07) is 21.8. The molecule has 1 heterocycles. The number of aromatic nitrogens is 1. The van der Waals surface area contributed by atoms with Crippen molar-refractivity contribution in [2.75, 3.05) is 5.32 Å². The molecule has 6 heteroatoms. The minimum Gasteiger partial charge on any atom is -0.478 e. The van der Waals surface area contributed by atoms with E-state index < -0.39 is 11.4 Å². The molecule has 5 rings (SSSR count). The van der Waals surface area contributed by atoms with E-state index in [-0.39, 0.29) is 5.91 Å². The fraction of sp³-hybridized carbons (Fsp3) is 0.258. The van der Waals surface area contributed by atoms with Crippen molar-refractivity contribution >= 4 is 34.7 Å². The molecule has 1 amide bonds. The highest BCUT2D eigenvalue weighted by molar-refractivity contribution is 5.96. The van der Waals surface area contributed by atoms with Crippen LogP contribution >= 0.6 is 0 Å². The summed E-state index contributed by atoms with van der Waals surface area (Å²) < 4.78 is 5.69. The summed E-state index contributed by atoms with van der Waals surface area (Å²) in [4.78, 5) is 28.9. The Labute approximate surface area is 216 Å². The van der Waals surface area contributed by atoms with E-state index in [1.165, 1.54) is 6.08 Å². The first-order valence-corrected chi connectivity index (χ1v) is 12.7. The molecule has 188 valence electrons. The Hall–Kier alpha value is -4.19. The topological polar surface area (TPSA) is 92.4 Å². The lowest BCUT2D eigenvalue weighted by Crippen LogP contribution is -2.40. The van der Waals surface area contributed by atoms with Crippen molar-refractivity contribution in [3.63, 3.8) is 0 Å². The van der Waals surface area contributed by atoms with Gasteiger partial charge in [-0.25, -0.2) is 9.78 Å². The third-order valence-electron chi connectivity index (χ3n) is 7.18. The van der Waals surface area contributed by atoms with E-state index in [1.54, 1.807) is 6.07 Å². The average Bonchev–Trinajstić information content (AvgIpc) is 3.28. The van der Waals surface area contributed by atoms with Crippen molar-refractivity contribution in [3.8, 4) is 11.1 Å². The van der Waals surface area contributed by atoms with Crippen LogP contribution in [-0.4, -0.2) is 22.0 Å². The van der Waals surface area contributed by atoms with Gasteiger partial charge in [-0.15, -0.1) is 0 Å². The lowest BCUT2D eigenvalue weighted by molar-refractivity contribution is -0.131. The molecule has 0 unspecified atom stereocenters. The van der Waals surface area contributed by atoms with E-state index >= 15 is 0 Å². The smallest absolute Gasteiger partial charge is 0.328 e. The molecule has 4 aromatic rings. The predicted molar refractivity (Wildman–Crippen MR) is 145 cm³/mol. The van der Waals surface area contributed by atoms with Crippen LogP contribution in [0, 0.1) is 12.3 Å². The van der Waals surface area contributed by atoms with Crippen LogP contribution in [0.15, 0.2) is 77.2 Å². The second kappa shape index (κ2) is 10.4. The summed E-state index contributed by atoms with van der Waals surface area (Å²) in [6.07, 6.45) is 8.20. The van der Waals surface area contributed by atoms with E-state index in [4.69, 9.17) is 9.52 Å². The number of carbonyl (C=O) groups is 2. The fourth-order valence-corrected chi connectivity index (χ4v) is 5.29. The van der Waals surface area contributed by atoms with Gasteiger partial charge in [0.05, 0.1) is 5.41 Å². The van der Waals surface area contributed by atoms with Gasteiger partial charge in [-0.1, -0.05) is 61.7 Å². The number of hydrogen-bond donors (Lipinski definition) is 2. The van der Waals surface area contributed by atoms with Crippen molar-refractivity contribution < 1.29 is 19.1 Å². The zero-order chi connectivity index (χ0) is 25.8. The summed E-state index contributed by atoms with van der Waals surface area (Å²) in [5.41, 5.74) is 5.86. The number of anilines is 1. The fourth-order valence-electron chi connectivity index (χ4n) is 5.29. The quantitative estimate of drug-likeness (QED) is 0.269. The number of nitrogens with zero attached hydrogens (tertiary/aromatic N) is 1. The van der Waals surface area contributed by atoms with Gasteiger partial charge in [0.1, 0.15) is 5.52 Å². The Morgan fingerprint density at radius 3 is 2.51 bits per heavy atom. The molecule has 1 fully saturated rings. The first-order valence-electron chi connectivity index (χ1n) is 12.7. The Morgan fingerprint density at radius 1 is 1.00 bits per heavy atom. The molecule has 2 N–H and O–H groups in total. The number of oxazole rings is 1. The molecule has 0 bridgehead atoms. The van der Waals surface area contributed by atoms with Gasteiger partial charge in [0, 0.05) is 18.7 Å². The van der Waals surface area contributed by atoms with Gasteiger partial charge in [-0.3, -0.25) is 4.79 Å². The lowest BCUT2D eigenvalue weighted by Gasteiger charge is -2.36. The number of aliphatic carboxylic acids is 1. The number of fused-ring (bicyclic) bond motifs is 1. The van der Waals surface area contributed by atoms with Crippen molar-refractivity contribution in [1.82, 2.24) is 4.98 Å². The second-order valence-electron chi connectivity index (χ2n) is 9.88. The number of carboxylic acids is 1. The maximum absolute atomic E-state index is 13.6. The predicted octanol–water partition coefficient (Wildman–Crippen LogP) is 7.03. The van der Waals surface area contributed by atoms with Crippen LogP contribution in [-0.2, 0) is 16.0 Å². The van der Waals surface area contributed by atoms with Crippen molar-refractivity contribution in [3.05, 3.63) is 89.8 Å². The van der Waals surface area contributed by atoms with Gasteiger partial charge in [0.25, 0.3) is 0 Å². The molecule has 3 aromatic carbocycles. The molecule has 0 radical (unpaired) electrons. The SMILES string of the molecule is Cc1nc2ccc(-c3ccc(CC4(C(=O)Nc5cccc(/C=C/C(=O)O)c5)CCCCC4)cc3)cc2o1. The normalized spacial score (nSPS) is 15.2. The van der Waals surface area contributed by atoms with Crippen molar-refractivity contribution in [1.29, 1.82) is 0 Å². The minimum atomic E-state index is -1.00. The third kappa shape index (κ3) is 5.64. The van der Waals surface area contributed by atoms with Crippen LogP contribution in [0.1, 0.15) is 49.1 Å². The average molecular weight is 495 g/mol. The number of amides is 1. The van der Waals surface area contributed by atoms with Crippen molar-refractivity contribution in [2.24, 2.45) is 5.41 Å². The summed E-state index contributed by atoms with van der Waals surface area (Å²) in [6.45, 7) is 1.85. The van der Waals surface area contributed by atoms with Gasteiger partial charge >= 0.3 is 5.97 Å². The Morgan fingerprint density at radius 2 is 1.76 bits per heavy atom. The molecule has 1 aliphatic carbocycles. The number of benzene rings is 3.